The molecule has 0 bridgehead atoms. The Kier molecular flexibility index (Phi) is 6.80. The van der Waals surface area contributed by atoms with E-state index < -0.39 is 44.0 Å². The summed E-state index contributed by atoms with van der Waals surface area (Å²) in [5.74, 6) is -2.45. The first kappa shape index (κ1) is 18.1. The fourth-order valence-electron chi connectivity index (χ4n) is 2.58. The van der Waals surface area contributed by atoms with Gasteiger partial charge in [0.05, 0.1) is 24.6 Å². The van der Waals surface area contributed by atoms with Crippen molar-refractivity contribution in [3.8, 4) is 0 Å². The Morgan fingerprint density at radius 1 is 1.33 bits per heavy atom. The second kappa shape index (κ2) is 7.89. The number of nitrogens with one attached hydrogen (secondary N) is 1. The second-order valence-corrected chi connectivity index (χ2v) is 7.34. The summed E-state index contributed by atoms with van der Waals surface area (Å²) in [7, 11) is -3.92. The van der Waals surface area contributed by atoms with Crippen LogP contribution >= 0.6 is 7.52 Å². The van der Waals surface area contributed by atoms with E-state index in [4.69, 9.17) is 14.9 Å². The Labute approximate surface area is 123 Å². The lowest BCUT2D eigenvalue weighted by Gasteiger charge is -2.29. The van der Waals surface area contributed by atoms with Crippen molar-refractivity contribution in [3.63, 3.8) is 0 Å². The molecule has 1 saturated heterocycles. The van der Waals surface area contributed by atoms with E-state index in [1.54, 1.807) is 6.92 Å². The SMILES string of the molecule is CCC(C1CCCO1)P(=O)(O)NC(CC(=O)O)CC(=O)O. The summed E-state index contributed by atoms with van der Waals surface area (Å²) in [6, 6.07) is -1.09. The molecule has 21 heavy (non-hydrogen) atoms. The lowest BCUT2D eigenvalue weighted by molar-refractivity contribution is -0.139. The lowest BCUT2D eigenvalue weighted by Crippen LogP contribution is -2.37. The number of rotatable bonds is 9. The molecule has 3 unspecified atom stereocenters. The highest BCUT2D eigenvalue weighted by molar-refractivity contribution is 7.56. The van der Waals surface area contributed by atoms with Gasteiger partial charge in [-0.3, -0.25) is 14.2 Å². The van der Waals surface area contributed by atoms with Crippen LogP contribution in [0, 0.1) is 0 Å². The quantitative estimate of drug-likeness (QED) is 0.462. The van der Waals surface area contributed by atoms with Gasteiger partial charge in [0.1, 0.15) is 0 Å². The van der Waals surface area contributed by atoms with Gasteiger partial charge in [0.15, 0.2) is 0 Å². The molecule has 1 aliphatic rings. The molecular weight excluding hydrogens is 301 g/mol. The number of aliphatic carboxylic acids is 2. The molecule has 0 amide bonds. The first-order chi connectivity index (χ1) is 9.76. The molecular formula is C12H22NO7P. The molecule has 1 heterocycles. The average molecular weight is 323 g/mol. The van der Waals surface area contributed by atoms with Crippen LogP contribution in [0.2, 0.25) is 0 Å². The molecule has 0 aromatic carbocycles. The van der Waals surface area contributed by atoms with E-state index in [1.807, 2.05) is 0 Å². The fraction of sp³-hybridized carbons (Fsp3) is 0.833. The van der Waals surface area contributed by atoms with Crippen molar-refractivity contribution < 1.29 is 34.0 Å². The lowest BCUT2D eigenvalue weighted by atomic mass is 10.1. The fourth-order valence-corrected chi connectivity index (χ4v) is 4.66. The van der Waals surface area contributed by atoms with E-state index in [0.717, 1.165) is 6.42 Å². The zero-order chi connectivity index (χ0) is 16.0. The maximum Gasteiger partial charge on any atom is 0.304 e. The van der Waals surface area contributed by atoms with Gasteiger partial charge in [0.25, 0.3) is 7.52 Å². The van der Waals surface area contributed by atoms with Gasteiger partial charge in [0, 0.05) is 12.6 Å². The van der Waals surface area contributed by atoms with Gasteiger partial charge in [-0.2, -0.15) is 0 Å². The molecule has 0 radical (unpaired) electrons. The molecule has 1 rings (SSSR count). The molecule has 0 spiro atoms. The Hall–Kier alpha value is -0.950. The van der Waals surface area contributed by atoms with Crippen LogP contribution in [-0.4, -0.2) is 51.5 Å². The first-order valence-electron chi connectivity index (χ1n) is 6.91. The molecule has 0 aromatic heterocycles. The van der Waals surface area contributed by atoms with Crippen LogP contribution in [0.25, 0.3) is 0 Å². The van der Waals surface area contributed by atoms with Gasteiger partial charge in [-0.25, -0.2) is 5.09 Å². The van der Waals surface area contributed by atoms with Crippen LogP contribution in [-0.2, 0) is 18.9 Å². The zero-order valence-electron chi connectivity index (χ0n) is 11.9. The van der Waals surface area contributed by atoms with Gasteiger partial charge in [-0.1, -0.05) is 6.92 Å². The van der Waals surface area contributed by atoms with Crippen molar-refractivity contribution >= 4 is 19.5 Å². The summed E-state index contributed by atoms with van der Waals surface area (Å²) in [5, 5.41) is 19.9. The summed E-state index contributed by atoms with van der Waals surface area (Å²) in [6.45, 7) is 2.29. The minimum atomic E-state index is -3.92. The predicted octanol–water partition coefficient (Wildman–Crippen LogP) is 1.04. The number of ether oxygens (including phenoxy) is 1. The van der Waals surface area contributed by atoms with Crippen molar-refractivity contribution in [1.82, 2.24) is 5.09 Å². The molecule has 8 nitrogen and oxygen atoms in total. The zero-order valence-corrected chi connectivity index (χ0v) is 12.8. The van der Waals surface area contributed by atoms with Gasteiger partial charge in [0.2, 0.25) is 0 Å². The summed E-state index contributed by atoms with van der Waals surface area (Å²) in [5.41, 5.74) is -0.662. The molecule has 9 heteroatoms. The predicted molar refractivity (Wildman–Crippen MR) is 74.3 cm³/mol. The van der Waals surface area contributed by atoms with Crippen molar-refractivity contribution in [2.45, 2.75) is 56.8 Å². The van der Waals surface area contributed by atoms with Crippen LogP contribution < -0.4 is 5.09 Å². The highest BCUT2D eigenvalue weighted by Crippen LogP contribution is 2.48. The minimum absolute atomic E-state index is 0.353. The molecule has 4 N–H and O–H groups in total. The van der Waals surface area contributed by atoms with Crippen molar-refractivity contribution in [1.29, 1.82) is 0 Å². The van der Waals surface area contributed by atoms with Crippen LogP contribution in [0.15, 0.2) is 0 Å². The Morgan fingerprint density at radius 3 is 2.29 bits per heavy atom. The van der Waals surface area contributed by atoms with E-state index in [2.05, 4.69) is 5.09 Å². The maximum atomic E-state index is 12.5. The minimum Gasteiger partial charge on any atom is -0.481 e. The molecule has 1 fully saturated rings. The van der Waals surface area contributed by atoms with Crippen molar-refractivity contribution in [2.24, 2.45) is 0 Å². The summed E-state index contributed by atoms with van der Waals surface area (Å²) >= 11 is 0. The maximum absolute atomic E-state index is 12.5. The third kappa shape index (κ3) is 5.74. The molecule has 0 aromatic rings. The number of carboxylic acids is 2. The number of hydrogen-bond donors (Lipinski definition) is 4. The Bertz CT molecular complexity index is 406. The largest absolute Gasteiger partial charge is 0.481 e. The highest BCUT2D eigenvalue weighted by atomic mass is 31.2. The summed E-state index contributed by atoms with van der Waals surface area (Å²) < 4.78 is 17.9. The van der Waals surface area contributed by atoms with E-state index in [-0.39, 0.29) is 6.10 Å². The van der Waals surface area contributed by atoms with Gasteiger partial charge in [-0.15, -0.1) is 0 Å². The molecule has 3 atom stereocenters. The number of carboxylic acid groups (broad SMARTS) is 2. The second-order valence-electron chi connectivity index (χ2n) is 5.17. The van der Waals surface area contributed by atoms with Crippen LogP contribution in [0.3, 0.4) is 0 Å². The van der Waals surface area contributed by atoms with Crippen molar-refractivity contribution in [3.05, 3.63) is 0 Å². The van der Waals surface area contributed by atoms with E-state index in [0.29, 0.717) is 19.4 Å². The highest BCUT2D eigenvalue weighted by Gasteiger charge is 2.40. The van der Waals surface area contributed by atoms with Gasteiger partial charge in [-0.05, 0) is 19.3 Å². The van der Waals surface area contributed by atoms with Crippen molar-refractivity contribution in [2.75, 3.05) is 6.61 Å². The number of hydrogen-bond acceptors (Lipinski definition) is 4. The third-order valence-corrected chi connectivity index (χ3v) is 5.80. The normalized spacial score (nSPS) is 22.9. The third-order valence-electron chi connectivity index (χ3n) is 3.47. The van der Waals surface area contributed by atoms with E-state index >= 15 is 0 Å². The van der Waals surface area contributed by atoms with E-state index in [1.165, 1.54) is 0 Å². The van der Waals surface area contributed by atoms with E-state index in [9.17, 15) is 19.0 Å². The Morgan fingerprint density at radius 2 is 1.90 bits per heavy atom. The first-order valence-corrected chi connectivity index (χ1v) is 8.64. The summed E-state index contributed by atoms with van der Waals surface area (Å²) in [6.07, 6.45) is 0.464. The molecule has 0 aliphatic carbocycles. The standard InChI is InChI=1S/C12H22NO7P/c1-2-10(9-4-3-5-20-9)21(18,19)13-8(6-11(14)15)7-12(16)17/h8-10H,2-7H2,1H3,(H,14,15)(H,16,17)(H2,13,18,19). The summed E-state index contributed by atoms with van der Waals surface area (Å²) in [4.78, 5) is 31.7. The smallest absolute Gasteiger partial charge is 0.304 e. The number of carbonyl (C=O) groups is 2. The van der Waals surface area contributed by atoms with Gasteiger partial charge >= 0.3 is 11.9 Å². The monoisotopic (exact) mass is 323 g/mol. The van der Waals surface area contributed by atoms with Crippen LogP contribution in [0.1, 0.15) is 39.0 Å². The van der Waals surface area contributed by atoms with Crippen LogP contribution in [0.5, 0.6) is 0 Å². The topological polar surface area (TPSA) is 133 Å². The Balaban J connectivity index is 2.78. The average Bonchev–Trinajstić information content (AvgIpc) is 2.80. The van der Waals surface area contributed by atoms with Crippen LogP contribution in [0.4, 0.5) is 0 Å². The van der Waals surface area contributed by atoms with Gasteiger partial charge < -0.3 is 19.8 Å². The molecule has 122 valence electrons. The molecule has 0 saturated carbocycles. The molecule has 1 aliphatic heterocycles.